The smallest absolute Gasteiger partial charge is 0.320 e. The predicted molar refractivity (Wildman–Crippen MR) is 89.6 cm³/mol. The molecule has 3 aromatic rings. The van der Waals surface area contributed by atoms with Gasteiger partial charge in [-0.2, -0.15) is 5.10 Å². The number of rotatable bonds is 3. The lowest BCUT2D eigenvalue weighted by atomic mass is 10.1. The molecule has 2 heterocycles. The molecule has 24 heavy (non-hydrogen) atoms. The first-order valence-electron chi connectivity index (χ1n) is 7.02. The van der Waals surface area contributed by atoms with Crippen LogP contribution >= 0.6 is 0 Å². The standard InChI is InChI=1S/C15H15N5O3S/c1-16-15(21)18-13-9-20-14(17-13)7-6-12(19-20)10-4-3-5-11(8-10)24(2,22)23/h3-9H,1-2H3,(H2,16,18,21). The van der Waals surface area contributed by atoms with Crippen molar-refractivity contribution < 1.29 is 13.2 Å². The molecule has 0 atom stereocenters. The van der Waals surface area contributed by atoms with E-state index in [1.54, 1.807) is 42.6 Å². The number of fused-ring (bicyclic) bond motifs is 1. The molecule has 2 N–H and O–H groups in total. The van der Waals surface area contributed by atoms with Crippen LogP contribution in [-0.2, 0) is 9.84 Å². The molecule has 8 nitrogen and oxygen atoms in total. The van der Waals surface area contributed by atoms with Crippen LogP contribution in [0.4, 0.5) is 10.6 Å². The summed E-state index contributed by atoms with van der Waals surface area (Å²) in [5.41, 5.74) is 1.83. The van der Waals surface area contributed by atoms with Crippen molar-refractivity contribution in [3.05, 3.63) is 42.6 Å². The molecule has 2 amide bonds. The average molecular weight is 345 g/mol. The Hall–Kier alpha value is -2.94. The largest absolute Gasteiger partial charge is 0.341 e. The molecular weight excluding hydrogens is 330 g/mol. The summed E-state index contributed by atoms with van der Waals surface area (Å²) in [4.78, 5) is 15.8. The number of nitrogens with zero attached hydrogens (tertiary/aromatic N) is 3. The van der Waals surface area contributed by atoms with Gasteiger partial charge in [0.15, 0.2) is 21.3 Å². The predicted octanol–water partition coefficient (Wildman–Crippen LogP) is 1.55. The van der Waals surface area contributed by atoms with E-state index in [2.05, 4.69) is 20.7 Å². The SMILES string of the molecule is CNC(=O)Nc1cn2nc(-c3cccc(S(C)(=O)=O)c3)ccc2n1. The molecule has 0 spiro atoms. The van der Waals surface area contributed by atoms with Crippen LogP contribution in [0.1, 0.15) is 0 Å². The van der Waals surface area contributed by atoms with E-state index >= 15 is 0 Å². The Kier molecular flexibility index (Phi) is 3.94. The maximum absolute atomic E-state index is 11.7. The molecule has 3 rings (SSSR count). The number of sulfone groups is 1. The van der Waals surface area contributed by atoms with Gasteiger partial charge in [-0.15, -0.1) is 0 Å². The van der Waals surface area contributed by atoms with E-state index in [1.807, 2.05) is 0 Å². The number of nitrogens with one attached hydrogen (secondary N) is 2. The van der Waals surface area contributed by atoms with Crippen LogP contribution in [0, 0.1) is 0 Å². The highest BCUT2D eigenvalue weighted by atomic mass is 32.2. The van der Waals surface area contributed by atoms with Crippen molar-refractivity contribution in [1.82, 2.24) is 19.9 Å². The van der Waals surface area contributed by atoms with E-state index in [9.17, 15) is 13.2 Å². The summed E-state index contributed by atoms with van der Waals surface area (Å²) < 4.78 is 24.9. The third-order valence-corrected chi connectivity index (χ3v) is 4.46. The molecule has 0 aliphatic carbocycles. The van der Waals surface area contributed by atoms with Crippen molar-refractivity contribution in [2.45, 2.75) is 4.90 Å². The van der Waals surface area contributed by atoms with Gasteiger partial charge in [0.1, 0.15) is 0 Å². The minimum absolute atomic E-state index is 0.231. The highest BCUT2D eigenvalue weighted by Gasteiger charge is 2.11. The third-order valence-electron chi connectivity index (χ3n) is 3.35. The number of aromatic nitrogens is 3. The molecule has 0 saturated carbocycles. The summed E-state index contributed by atoms with van der Waals surface area (Å²) >= 11 is 0. The minimum atomic E-state index is -3.29. The summed E-state index contributed by atoms with van der Waals surface area (Å²) in [6, 6.07) is 9.68. The average Bonchev–Trinajstić information content (AvgIpc) is 2.95. The Bertz CT molecular complexity index is 1030. The van der Waals surface area contributed by atoms with Crippen LogP contribution in [0.3, 0.4) is 0 Å². The van der Waals surface area contributed by atoms with E-state index in [0.29, 0.717) is 22.7 Å². The van der Waals surface area contributed by atoms with Crippen molar-refractivity contribution in [3.8, 4) is 11.3 Å². The summed E-state index contributed by atoms with van der Waals surface area (Å²) in [5.74, 6) is 0.365. The Morgan fingerprint density at radius 1 is 1.21 bits per heavy atom. The Morgan fingerprint density at radius 2 is 2.00 bits per heavy atom. The summed E-state index contributed by atoms with van der Waals surface area (Å²) in [6.45, 7) is 0. The van der Waals surface area contributed by atoms with Gasteiger partial charge in [0, 0.05) is 18.9 Å². The Labute approximate surface area is 138 Å². The topological polar surface area (TPSA) is 105 Å². The zero-order valence-electron chi connectivity index (χ0n) is 13.0. The van der Waals surface area contributed by atoms with E-state index in [0.717, 1.165) is 6.26 Å². The van der Waals surface area contributed by atoms with Crippen molar-refractivity contribution in [1.29, 1.82) is 0 Å². The van der Waals surface area contributed by atoms with Crippen LogP contribution in [-0.4, -0.2) is 42.4 Å². The first-order valence-corrected chi connectivity index (χ1v) is 8.91. The van der Waals surface area contributed by atoms with Gasteiger partial charge in [0.25, 0.3) is 0 Å². The van der Waals surface area contributed by atoms with Gasteiger partial charge in [-0.25, -0.2) is 22.7 Å². The van der Waals surface area contributed by atoms with Crippen molar-refractivity contribution in [2.24, 2.45) is 0 Å². The molecule has 0 bridgehead atoms. The fourth-order valence-electron chi connectivity index (χ4n) is 2.16. The second kappa shape index (κ2) is 5.93. The van der Waals surface area contributed by atoms with E-state index in [1.165, 1.54) is 11.6 Å². The zero-order chi connectivity index (χ0) is 17.3. The lowest BCUT2D eigenvalue weighted by Gasteiger charge is -2.04. The van der Waals surface area contributed by atoms with E-state index in [-0.39, 0.29) is 10.9 Å². The summed E-state index contributed by atoms with van der Waals surface area (Å²) in [6.07, 6.45) is 2.74. The number of hydrogen-bond acceptors (Lipinski definition) is 5. The Balaban J connectivity index is 2.00. The normalized spacial score (nSPS) is 11.4. The van der Waals surface area contributed by atoms with Gasteiger partial charge < -0.3 is 5.32 Å². The minimum Gasteiger partial charge on any atom is -0.341 e. The molecule has 0 unspecified atom stereocenters. The quantitative estimate of drug-likeness (QED) is 0.749. The van der Waals surface area contributed by atoms with Crippen LogP contribution in [0.25, 0.3) is 16.9 Å². The van der Waals surface area contributed by atoms with Gasteiger partial charge in [-0.05, 0) is 24.3 Å². The number of amides is 2. The molecule has 0 radical (unpaired) electrons. The monoisotopic (exact) mass is 345 g/mol. The Morgan fingerprint density at radius 3 is 2.71 bits per heavy atom. The van der Waals surface area contributed by atoms with Crippen LogP contribution in [0.2, 0.25) is 0 Å². The summed E-state index contributed by atoms with van der Waals surface area (Å²) in [7, 11) is -1.78. The molecule has 0 saturated heterocycles. The number of urea groups is 1. The molecule has 124 valence electrons. The number of hydrogen-bond donors (Lipinski definition) is 2. The zero-order valence-corrected chi connectivity index (χ0v) is 13.8. The second-order valence-electron chi connectivity index (χ2n) is 5.15. The second-order valence-corrected chi connectivity index (χ2v) is 7.17. The molecule has 0 aliphatic heterocycles. The number of benzene rings is 1. The van der Waals surface area contributed by atoms with Gasteiger partial charge in [0.2, 0.25) is 0 Å². The van der Waals surface area contributed by atoms with Gasteiger partial charge >= 0.3 is 6.03 Å². The highest BCUT2D eigenvalue weighted by molar-refractivity contribution is 7.90. The molecular formula is C15H15N5O3S. The number of carbonyl (C=O) groups is 1. The van der Waals surface area contributed by atoms with Gasteiger partial charge in [0.05, 0.1) is 16.8 Å². The summed E-state index contributed by atoms with van der Waals surface area (Å²) in [5, 5.41) is 9.42. The fraction of sp³-hybridized carbons (Fsp3) is 0.133. The fourth-order valence-corrected chi connectivity index (χ4v) is 2.83. The molecule has 0 aliphatic rings. The van der Waals surface area contributed by atoms with Gasteiger partial charge in [-0.3, -0.25) is 5.32 Å². The lowest BCUT2D eigenvalue weighted by molar-refractivity contribution is 0.254. The van der Waals surface area contributed by atoms with Crippen molar-refractivity contribution >= 4 is 27.3 Å². The highest BCUT2D eigenvalue weighted by Crippen LogP contribution is 2.21. The number of imidazole rings is 1. The molecule has 9 heteroatoms. The molecule has 1 aromatic carbocycles. The van der Waals surface area contributed by atoms with Crippen molar-refractivity contribution in [3.63, 3.8) is 0 Å². The number of carbonyl (C=O) groups excluding carboxylic acids is 1. The first-order chi connectivity index (χ1) is 11.4. The number of anilines is 1. The van der Waals surface area contributed by atoms with Crippen molar-refractivity contribution in [2.75, 3.05) is 18.6 Å². The van der Waals surface area contributed by atoms with Crippen LogP contribution < -0.4 is 10.6 Å². The molecule has 0 fully saturated rings. The first kappa shape index (κ1) is 15.9. The van der Waals surface area contributed by atoms with Gasteiger partial charge in [-0.1, -0.05) is 12.1 Å². The maximum atomic E-state index is 11.7. The van der Waals surface area contributed by atoms with E-state index < -0.39 is 9.84 Å². The lowest BCUT2D eigenvalue weighted by Crippen LogP contribution is -2.24. The third kappa shape index (κ3) is 3.20. The van der Waals surface area contributed by atoms with Crippen LogP contribution in [0.15, 0.2) is 47.5 Å². The molecule has 2 aromatic heterocycles. The van der Waals surface area contributed by atoms with Crippen LogP contribution in [0.5, 0.6) is 0 Å². The van der Waals surface area contributed by atoms with E-state index in [4.69, 9.17) is 0 Å². The maximum Gasteiger partial charge on any atom is 0.320 e.